The minimum absolute atomic E-state index is 0.0122. The van der Waals surface area contributed by atoms with Gasteiger partial charge in [0.15, 0.2) is 31.5 Å². The Labute approximate surface area is 501 Å². The van der Waals surface area contributed by atoms with Crippen molar-refractivity contribution in [1.82, 2.24) is 0 Å². The summed E-state index contributed by atoms with van der Waals surface area (Å²) in [6, 6.07) is 0. The van der Waals surface area contributed by atoms with Crippen molar-refractivity contribution in [3.63, 3.8) is 0 Å². The van der Waals surface area contributed by atoms with Crippen molar-refractivity contribution in [2.45, 2.75) is 278 Å². The van der Waals surface area contributed by atoms with E-state index in [4.69, 9.17) is 47.4 Å². The van der Waals surface area contributed by atoms with Gasteiger partial charge in [-0.3, -0.25) is 0 Å². The van der Waals surface area contributed by atoms with Crippen LogP contribution >= 0.6 is 0 Å². The van der Waals surface area contributed by atoms with Gasteiger partial charge in [-0.2, -0.15) is 0 Å². The number of fused-ring (bicyclic) bond motifs is 5. The van der Waals surface area contributed by atoms with Gasteiger partial charge in [-0.15, -0.1) is 0 Å². The molecular formula is C59H100O27. The maximum atomic E-state index is 12.9. The van der Waals surface area contributed by atoms with Crippen molar-refractivity contribution in [2.75, 3.05) is 33.0 Å². The van der Waals surface area contributed by atoms with E-state index in [0.29, 0.717) is 38.5 Å². The molecular weight excluding hydrogens is 1140 g/mol. The second-order valence-electron chi connectivity index (χ2n) is 28.1. The molecule has 27 heteroatoms. The largest absolute Gasteiger partial charge is 0.394 e. The molecule has 498 valence electrons. The molecule has 0 aromatic heterocycles. The van der Waals surface area contributed by atoms with Gasteiger partial charge in [0.2, 0.25) is 0 Å². The Morgan fingerprint density at radius 2 is 1.01 bits per heavy atom. The zero-order chi connectivity index (χ0) is 63.1. The molecule has 86 heavy (non-hydrogen) atoms. The Bertz CT molecular complexity index is 2260. The summed E-state index contributed by atoms with van der Waals surface area (Å²) < 4.78 is 61.1. The van der Waals surface area contributed by atoms with E-state index in [9.17, 15) is 86.8 Å². The molecule has 0 radical (unpaired) electrons. The van der Waals surface area contributed by atoms with Crippen LogP contribution < -0.4 is 0 Å². The highest BCUT2D eigenvalue weighted by Gasteiger charge is 2.72. The molecule has 5 heterocycles. The monoisotopic (exact) mass is 1240 g/mol. The van der Waals surface area contributed by atoms with Crippen molar-refractivity contribution in [3.05, 3.63) is 11.6 Å². The maximum Gasteiger partial charge on any atom is 0.187 e. The third kappa shape index (κ3) is 12.3. The van der Waals surface area contributed by atoms with Crippen molar-refractivity contribution in [1.29, 1.82) is 0 Å². The Balaban J connectivity index is 0.933. The summed E-state index contributed by atoms with van der Waals surface area (Å²) in [6.07, 6.45) is -33.5. The summed E-state index contributed by atoms with van der Waals surface area (Å²) in [4.78, 5) is 0. The highest BCUT2D eigenvalue weighted by Crippen LogP contribution is 2.76. The topological polar surface area (TPSA) is 436 Å². The van der Waals surface area contributed by atoms with Gasteiger partial charge in [-0.1, -0.05) is 46.3 Å². The highest BCUT2D eigenvalue weighted by atomic mass is 16.8. The lowest BCUT2D eigenvalue weighted by Gasteiger charge is -2.71. The number of allylic oxidation sites excluding steroid dienone is 2. The minimum Gasteiger partial charge on any atom is -0.394 e. The van der Waals surface area contributed by atoms with Gasteiger partial charge in [0, 0.05) is 0 Å². The van der Waals surface area contributed by atoms with Crippen LogP contribution in [0.1, 0.15) is 113 Å². The smallest absolute Gasteiger partial charge is 0.187 e. The summed E-state index contributed by atoms with van der Waals surface area (Å²) in [5, 5.41) is 185. The molecule has 27 nitrogen and oxygen atoms in total. The van der Waals surface area contributed by atoms with Gasteiger partial charge in [0.25, 0.3) is 0 Å². The predicted molar refractivity (Wildman–Crippen MR) is 293 cm³/mol. The predicted octanol–water partition coefficient (Wildman–Crippen LogP) is -3.74. The van der Waals surface area contributed by atoms with E-state index in [1.54, 1.807) is 0 Å². The van der Waals surface area contributed by atoms with Gasteiger partial charge in [0.1, 0.15) is 116 Å². The number of ether oxygens (including phenoxy) is 10. The molecule has 0 amide bonds. The standard InChI is InChI=1S/C59H100O27/c1-24(2)10-9-14-59(8,86-52-47(76)42(71)40(69)31(82-52)23-78-50-46(75)41(70)37(66)28(19-60)79-50)25-11-16-58(7)35(25)26(63)18-33-56(5)15-13-34(55(3,4)32(56)12-17-57(33,58)6)83-53-48(43(72)38(67)29(20-61)80-53)85-54-49(44(73)39(68)30(21-62)81-54)84-51-45(74)36(65)27(64)22-77-51/h10,25-54,60-76H,9,11-23H2,1-8H3/t25-,26+,27+,28+,29+,30+,31+,32-,33+,34-,35?,36-,37+,38+,39+,40+,41-,42-,43-,44-,45+,46+,47+,48+,49+,50+,51-,52-,53-,54-,56-,57+,58+,59-/m0/s1. The van der Waals surface area contributed by atoms with Gasteiger partial charge >= 0.3 is 0 Å². The van der Waals surface area contributed by atoms with Gasteiger partial charge in [-0.05, 0) is 124 Å². The first-order valence-corrected chi connectivity index (χ1v) is 30.8. The fourth-order valence-corrected chi connectivity index (χ4v) is 17.4. The summed E-state index contributed by atoms with van der Waals surface area (Å²) in [6.45, 7) is 13.8. The highest BCUT2D eigenvalue weighted by molar-refractivity contribution is 5.21. The molecule has 9 fully saturated rings. The molecule has 4 saturated carbocycles. The van der Waals surface area contributed by atoms with E-state index >= 15 is 0 Å². The Hall–Kier alpha value is -1.34. The van der Waals surface area contributed by atoms with Crippen molar-refractivity contribution >= 4 is 0 Å². The molecule has 1 unspecified atom stereocenters. The number of hydrogen-bond acceptors (Lipinski definition) is 27. The van der Waals surface area contributed by atoms with Crippen LogP contribution in [0.5, 0.6) is 0 Å². The SMILES string of the molecule is CC(C)=CCC[C@](C)(O[C@@H]1O[C@H](CO[C@@H]2O[C@H](CO)[C@@H](O)[C@H](O)[C@H]2O)[C@@H](O)[C@H](O)[C@H]1O)[C@H]1CC[C@]2(C)C1[C@H](O)C[C@@H]1[C@@]3(C)CC[C@H](O[C@@H]4O[C@H](CO)[C@@H](O)[C@H](O)[C@H]4O[C@@H]4O[C@H](CO)[C@@H](O)[C@H](O)[C@H]4O[C@@H]4OC[C@@H](O)[C@H](O)[C@H]4O)C(C)(C)[C@@H]3CC[C@]12C. The Kier molecular flexibility index (Phi) is 21.3. The molecule has 17 N–H and O–H groups in total. The molecule has 5 aliphatic heterocycles. The van der Waals surface area contributed by atoms with E-state index in [1.807, 2.05) is 20.8 Å². The Morgan fingerprint density at radius 1 is 0.512 bits per heavy atom. The van der Waals surface area contributed by atoms with E-state index in [1.165, 1.54) is 0 Å². The molecule has 9 aliphatic rings. The van der Waals surface area contributed by atoms with Crippen molar-refractivity contribution in [2.24, 2.45) is 45.3 Å². The fourth-order valence-electron chi connectivity index (χ4n) is 17.4. The summed E-state index contributed by atoms with van der Waals surface area (Å²) in [7, 11) is 0. The van der Waals surface area contributed by atoms with Gasteiger partial charge in [0.05, 0.1) is 50.8 Å². The molecule has 0 spiro atoms. The lowest BCUT2D eigenvalue weighted by atomic mass is 9.35. The zero-order valence-corrected chi connectivity index (χ0v) is 50.5. The molecule has 4 aliphatic carbocycles. The fraction of sp³-hybridized carbons (Fsp3) is 0.966. The van der Waals surface area contributed by atoms with Crippen molar-refractivity contribution < 1.29 is 134 Å². The van der Waals surface area contributed by atoms with Gasteiger partial charge in [-0.25, -0.2) is 0 Å². The van der Waals surface area contributed by atoms with Crippen LogP contribution in [0.25, 0.3) is 0 Å². The first-order valence-electron chi connectivity index (χ1n) is 30.8. The molecule has 0 aromatic rings. The second-order valence-corrected chi connectivity index (χ2v) is 28.1. The summed E-state index contributed by atoms with van der Waals surface area (Å²) >= 11 is 0. The summed E-state index contributed by atoms with van der Waals surface area (Å²) in [5.74, 6) is -0.656. The quantitative estimate of drug-likeness (QED) is 0.0463. The van der Waals surface area contributed by atoms with Crippen LogP contribution in [0, 0.1) is 45.3 Å². The van der Waals surface area contributed by atoms with Crippen LogP contribution in [0.4, 0.5) is 0 Å². The normalized spacial score (nSPS) is 52.9. The average Bonchev–Trinajstić information content (AvgIpc) is 1.26. The third-order valence-corrected chi connectivity index (χ3v) is 22.6. The zero-order valence-electron chi connectivity index (χ0n) is 50.5. The molecule has 5 saturated heterocycles. The Morgan fingerprint density at radius 3 is 1.59 bits per heavy atom. The van der Waals surface area contributed by atoms with Crippen LogP contribution in [0.3, 0.4) is 0 Å². The van der Waals surface area contributed by atoms with Crippen LogP contribution in [0.2, 0.25) is 0 Å². The van der Waals surface area contributed by atoms with E-state index in [-0.39, 0.29) is 34.5 Å². The van der Waals surface area contributed by atoms with E-state index < -0.39 is 209 Å². The maximum absolute atomic E-state index is 12.9. The molecule has 9 rings (SSSR count). The van der Waals surface area contributed by atoms with Crippen LogP contribution in [-0.4, -0.2) is 285 Å². The first kappa shape index (κ1) is 69.0. The molecule has 34 atom stereocenters. The average molecular weight is 1240 g/mol. The number of aliphatic hydroxyl groups is 17. The van der Waals surface area contributed by atoms with Crippen LogP contribution in [0.15, 0.2) is 11.6 Å². The number of hydrogen-bond donors (Lipinski definition) is 17. The van der Waals surface area contributed by atoms with E-state index in [0.717, 1.165) is 24.8 Å². The lowest BCUT2D eigenvalue weighted by Crippen LogP contribution is -2.68. The second kappa shape index (κ2) is 26.6. The summed E-state index contributed by atoms with van der Waals surface area (Å²) in [5.41, 5.74) is -1.87. The van der Waals surface area contributed by atoms with Crippen molar-refractivity contribution in [3.8, 4) is 0 Å². The first-order chi connectivity index (χ1) is 40.3. The van der Waals surface area contributed by atoms with E-state index in [2.05, 4.69) is 40.7 Å². The number of rotatable bonds is 18. The van der Waals surface area contributed by atoms with Gasteiger partial charge < -0.3 is 134 Å². The minimum atomic E-state index is -1.89. The molecule has 0 aromatic carbocycles. The van der Waals surface area contributed by atoms with Crippen LogP contribution in [-0.2, 0) is 47.4 Å². The number of aliphatic hydroxyl groups excluding tert-OH is 17. The molecule has 0 bridgehead atoms. The lowest BCUT2D eigenvalue weighted by molar-refractivity contribution is -0.395. The third-order valence-electron chi connectivity index (χ3n) is 22.6.